The van der Waals surface area contributed by atoms with E-state index in [0.717, 1.165) is 0 Å². The van der Waals surface area contributed by atoms with Crippen LogP contribution in [0.2, 0.25) is 0 Å². The molecule has 0 saturated carbocycles. The van der Waals surface area contributed by atoms with Gasteiger partial charge in [-0.05, 0) is 17.7 Å². The predicted octanol–water partition coefficient (Wildman–Crippen LogP) is 0.928. The SMILES string of the molecule is COCCN(CC(=O)O)C(=O)Cc1ccc(F)cc1. The molecule has 0 aliphatic heterocycles. The highest BCUT2D eigenvalue weighted by Crippen LogP contribution is 2.05. The van der Waals surface area contributed by atoms with E-state index in [2.05, 4.69) is 0 Å². The van der Waals surface area contributed by atoms with Crippen molar-refractivity contribution in [2.75, 3.05) is 26.8 Å². The first-order valence-electron chi connectivity index (χ1n) is 5.76. The zero-order valence-corrected chi connectivity index (χ0v) is 10.6. The van der Waals surface area contributed by atoms with Gasteiger partial charge in [-0.15, -0.1) is 0 Å². The summed E-state index contributed by atoms with van der Waals surface area (Å²) < 4.78 is 17.6. The van der Waals surface area contributed by atoms with Gasteiger partial charge >= 0.3 is 5.97 Å². The molecule has 0 saturated heterocycles. The minimum atomic E-state index is -1.08. The molecule has 0 fully saturated rings. The number of halogens is 1. The van der Waals surface area contributed by atoms with E-state index in [1.165, 1.54) is 36.3 Å². The molecule has 6 heteroatoms. The maximum Gasteiger partial charge on any atom is 0.323 e. The van der Waals surface area contributed by atoms with Gasteiger partial charge < -0.3 is 14.7 Å². The fourth-order valence-corrected chi connectivity index (χ4v) is 1.55. The van der Waals surface area contributed by atoms with Crippen LogP contribution < -0.4 is 0 Å². The first-order valence-corrected chi connectivity index (χ1v) is 5.76. The first kappa shape index (κ1) is 15.1. The van der Waals surface area contributed by atoms with Crippen molar-refractivity contribution in [2.24, 2.45) is 0 Å². The minimum absolute atomic E-state index is 0.0390. The van der Waals surface area contributed by atoms with Crippen molar-refractivity contribution in [3.8, 4) is 0 Å². The van der Waals surface area contributed by atoms with E-state index < -0.39 is 5.97 Å². The lowest BCUT2D eigenvalue weighted by molar-refractivity contribution is -0.144. The van der Waals surface area contributed by atoms with Gasteiger partial charge in [-0.25, -0.2) is 4.39 Å². The number of rotatable bonds is 7. The normalized spacial score (nSPS) is 10.2. The summed E-state index contributed by atoms with van der Waals surface area (Å²) in [5, 5.41) is 8.75. The second-order valence-electron chi connectivity index (χ2n) is 4.01. The third kappa shape index (κ3) is 5.48. The number of carbonyl (C=O) groups is 2. The minimum Gasteiger partial charge on any atom is -0.480 e. The molecule has 5 nitrogen and oxygen atoms in total. The molecule has 0 aliphatic rings. The Labute approximate surface area is 110 Å². The lowest BCUT2D eigenvalue weighted by Crippen LogP contribution is -2.38. The summed E-state index contributed by atoms with van der Waals surface area (Å²) in [7, 11) is 1.48. The van der Waals surface area contributed by atoms with Crippen LogP contribution in [-0.4, -0.2) is 48.7 Å². The maximum absolute atomic E-state index is 12.7. The zero-order valence-electron chi connectivity index (χ0n) is 10.6. The van der Waals surface area contributed by atoms with Crippen molar-refractivity contribution in [3.63, 3.8) is 0 Å². The lowest BCUT2D eigenvalue weighted by Gasteiger charge is -2.20. The van der Waals surface area contributed by atoms with Gasteiger partial charge in [0.25, 0.3) is 0 Å². The number of benzene rings is 1. The smallest absolute Gasteiger partial charge is 0.323 e. The number of aliphatic carboxylic acids is 1. The van der Waals surface area contributed by atoms with Crippen molar-refractivity contribution in [2.45, 2.75) is 6.42 Å². The number of hydrogen-bond acceptors (Lipinski definition) is 3. The molecule has 0 radical (unpaired) electrons. The fraction of sp³-hybridized carbons (Fsp3) is 0.385. The molecule has 0 bridgehead atoms. The summed E-state index contributed by atoms with van der Waals surface area (Å²) in [5.74, 6) is -1.78. The number of nitrogens with zero attached hydrogens (tertiary/aromatic N) is 1. The topological polar surface area (TPSA) is 66.8 Å². The molecule has 0 unspecified atom stereocenters. The van der Waals surface area contributed by atoms with Crippen LogP contribution in [0.5, 0.6) is 0 Å². The molecule has 0 atom stereocenters. The van der Waals surface area contributed by atoms with Crippen LogP contribution >= 0.6 is 0 Å². The molecule has 1 aromatic rings. The van der Waals surface area contributed by atoms with Gasteiger partial charge in [-0.3, -0.25) is 9.59 Å². The van der Waals surface area contributed by atoms with Crippen LogP contribution in [0.3, 0.4) is 0 Å². The van der Waals surface area contributed by atoms with Gasteiger partial charge in [0.1, 0.15) is 12.4 Å². The quantitative estimate of drug-likeness (QED) is 0.799. The van der Waals surface area contributed by atoms with Crippen LogP contribution in [0.25, 0.3) is 0 Å². The molecule has 0 aliphatic carbocycles. The van der Waals surface area contributed by atoms with E-state index in [1.54, 1.807) is 0 Å². The summed E-state index contributed by atoms with van der Waals surface area (Å²) in [6.07, 6.45) is 0.0390. The second-order valence-corrected chi connectivity index (χ2v) is 4.01. The molecule has 0 spiro atoms. The van der Waals surface area contributed by atoms with Gasteiger partial charge in [-0.1, -0.05) is 12.1 Å². The van der Waals surface area contributed by atoms with Crippen molar-refractivity contribution in [1.29, 1.82) is 0 Å². The van der Waals surface area contributed by atoms with E-state index in [4.69, 9.17) is 9.84 Å². The molecule has 104 valence electrons. The summed E-state index contributed by atoms with van der Waals surface area (Å²) in [6, 6.07) is 5.53. The Bertz CT molecular complexity index is 433. The highest BCUT2D eigenvalue weighted by Gasteiger charge is 2.16. The van der Waals surface area contributed by atoms with Crippen LogP contribution in [0.15, 0.2) is 24.3 Å². The predicted molar refractivity (Wildman–Crippen MR) is 66.2 cm³/mol. The summed E-state index contributed by atoms with van der Waals surface area (Å²) in [4.78, 5) is 23.8. The number of carboxylic acid groups (broad SMARTS) is 1. The Morgan fingerprint density at radius 2 is 1.95 bits per heavy atom. The number of hydrogen-bond donors (Lipinski definition) is 1. The average molecular weight is 269 g/mol. The van der Waals surface area contributed by atoms with Gasteiger partial charge in [0, 0.05) is 13.7 Å². The second kappa shape index (κ2) is 7.48. The third-order valence-electron chi connectivity index (χ3n) is 2.51. The standard InChI is InChI=1S/C13H16FNO4/c1-19-7-6-15(9-13(17)18)12(16)8-10-2-4-11(14)5-3-10/h2-5H,6-9H2,1H3,(H,17,18). The number of methoxy groups -OCH3 is 1. The third-order valence-corrected chi connectivity index (χ3v) is 2.51. The Kier molecular flexibility index (Phi) is 5.95. The Morgan fingerprint density at radius 1 is 1.32 bits per heavy atom. The largest absolute Gasteiger partial charge is 0.480 e. The monoisotopic (exact) mass is 269 g/mol. The van der Waals surface area contributed by atoms with Crippen LogP contribution in [0.1, 0.15) is 5.56 Å². The summed E-state index contributed by atoms with van der Waals surface area (Å²) >= 11 is 0. The Morgan fingerprint density at radius 3 is 2.47 bits per heavy atom. The van der Waals surface area contributed by atoms with Gasteiger partial charge in [0.05, 0.1) is 13.0 Å². The zero-order chi connectivity index (χ0) is 14.3. The molecular weight excluding hydrogens is 253 g/mol. The number of amides is 1. The highest BCUT2D eigenvalue weighted by atomic mass is 19.1. The maximum atomic E-state index is 12.7. The fourth-order valence-electron chi connectivity index (χ4n) is 1.55. The number of carbonyl (C=O) groups excluding carboxylic acids is 1. The van der Waals surface area contributed by atoms with E-state index in [0.29, 0.717) is 5.56 Å². The van der Waals surface area contributed by atoms with Gasteiger partial charge in [-0.2, -0.15) is 0 Å². The summed E-state index contributed by atoms with van der Waals surface area (Å²) in [6.45, 7) is 0.106. The lowest BCUT2D eigenvalue weighted by atomic mass is 10.1. The molecule has 1 N–H and O–H groups in total. The molecule has 1 aromatic carbocycles. The molecule has 1 rings (SSSR count). The number of carboxylic acids is 1. The highest BCUT2D eigenvalue weighted by molar-refractivity contribution is 5.83. The van der Waals surface area contributed by atoms with E-state index in [9.17, 15) is 14.0 Å². The van der Waals surface area contributed by atoms with E-state index >= 15 is 0 Å². The number of ether oxygens (including phenoxy) is 1. The molecule has 19 heavy (non-hydrogen) atoms. The molecule has 0 aromatic heterocycles. The van der Waals surface area contributed by atoms with Gasteiger partial charge in [0.15, 0.2) is 0 Å². The van der Waals surface area contributed by atoms with E-state index in [-0.39, 0.29) is 37.8 Å². The molecule has 0 heterocycles. The Balaban J connectivity index is 2.64. The van der Waals surface area contributed by atoms with Crippen molar-refractivity contribution in [3.05, 3.63) is 35.6 Å². The van der Waals surface area contributed by atoms with E-state index in [1.807, 2.05) is 0 Å². The first-order chi connectivity index (χ1) is 9.02. The van der Waals surface area contributed by atoms with Crippen molar-refractivity contribution < 1.29 is 23.8 Å². The molecular formula is C13H16FNO4. The average Bonchev–Trinajstić information content (AvgIpc) is 2.36. The van der Waals surface area contributed by atoms with Crippen molar-refractivity contribution >= 4 is 11.9 Å². The Hall–Kier alpha value is -1.95. The van der Waals surface area contributed by atoms with Crippen LogP contribution in [0, 0.1) is 5.82 Å². The van der Waals surface area contributed by atoms with Crippen molar-refractivity contribution in [1.82, 2.24) is 4.90 Å². The van der Waals surface area contributed by atoms with Gasteiger partial charge in [0.2, 0.25) is 5.91 Å². The van der Waals surface area contributed by atoms with Crippen LogP contribution in [0.4, 0.5) is 4.39 Å². The molecule has 1 amide bonds. The summed E-state index contributed by atoms with van der Waals surface area (Å²) in [5.41, 5.74) is 0.638. The van der Waals surface area contributed by atoms with Crippen LogP contribution in [-0.2, 0) is 20.7 Å².